The van der Waals surface area contributed by atoms with Gasteiger partial charge in [-0.1, -0.05) is 92.7 Å². The molecule has 1 atom stereocenters. The van der Waals surface area contributed by atoms with Gasteiger partial charge in [-0.15, -0.1) is 0 Å². The SMILES string of the molecule is CC1(C)c2ccccc2C2=C(N(c3ccccc3)c3ccc4c(c3)oc3ccc5ccccc5c34)C=CCC21. The van der Waals surface area contributed by atoms with E-state index in [1.54, 1.807) is 0 Å². The summed E-state index contributed by atoms with van der Waals surface area (Å²) in [6.45, 7) is 4.80. The highest BCUT2D eigenvalue weighted by Crippen LogP contribution is 2.55. The molecule has 0 aliphatic heterocycles. The van der Waals surface area contributed by atoms with E-state index in [-0.39, 0.29) is 5.41 Å². The fraction of sp³-hybridized carbons (Fsp3) is 0.135. The van der Waals surface area contributed by atoms with Crippen molar-refractivity contribution < 1.29 is 4.42 Å². The van der Waals surface area contributed by atoms with E-state index >= 15 is 0 Å². The zero-order chi connectivity index (χ0) is 26.1. The molecule has 2 nitrogen and oxygen atoms in total. The lowest BCUT2D eigenvalue weighted by atomic mass is 9.74. The Hall–Kier alpha value is -4.56. The fourth-order valence-electron chi connectivity index (χ4n) is 7.02. The number of hydrogen-bond donors (Lipinski definition) is 0. The van der Waals surface area contributed by atoms with E-state index in [4.69, 9.17) is 4.42 Å². The highest BCUT2D eigenvalue weighted by atomic mass is 16.3. The number of anilines is 2. The van der Waals surface area contributed by atoms with Crippen molar-refractivity contribution in [3.63, 3.8) is 0 Å². The fourth-order valence-corrected chi connectivity index (χ4v) is 7.02. The average molecular weight is 504 g/mol. The monoisotopic (exact) mass is 503 g/mol. The minimum Gasteiger partial charge on any atom is -0.456 e. The molecule has 0 bridgehead atoms. The molecule has 2 aliphatic rings. The van der Waals surface area contributed by atoms with Crippen LogP contribution in [0.2, 0.25) is 0 Å². The van der Waals surface area contributed by atoms with Crippen LogP contribution in [0.3, 0.4) is 0 Å². The largest absolute Gasteiger partial charge is 0.456 e. The van der Waals surface area contributed by atoms with Crippen LogP contribution in [0.1, 0.15) is 31.4 Å². The molecule has 2 heteroatoms. The molecule has 8 rings (SSSR count). The van der Waals surface area contributed by atoms with Crippen LogP contribution in [0.4, 0.5) is 11.4 Å². The maximum Gasteiger partial charge on any atom is 0.137 e. The van der Waals surface area contributed by atoms with Gasteiger partial charge >= 0.3 is 0 Å². The van der Waals surface area contributed by atoms with E-state index in [0.29, 0.717) is 5.92 Å². The van der Waals surface area contributed by atoms with Gasteiger partial charge in [-0.25, -0.2) is 0 Å². The molecule has 0 saturated carbocycles. The predicted molar refractivity (Wildman–Crippen MR) is 163 cm³/mol. The summed E-state index contributed by atoms with van der Waals surface area (Å²) in [5.41, 5.74) is 9.68. The first kappa shape index (κ1) is 22.4. The van der Waals surface area contributed by atoms with Crippen LogP contribution < -0.4 is 4.90 Å². The molecule has 0 radical (unpaired) electrons. The highest BCUT2D eigenvalue weighted by Gasteiger charge is 2.45. The molecular formula is C37H29NO. The zero-order valence-corrected chi connectivity index (χ0v) is 22.2. The minimum atomic E-state index is 0.0774. The van der Waals surface area contributed by atoms with E-state index in [9.17, 15) is 0 Å². The van der Waals surface area contributed by atoms with Crippen molar-refractivity contribution in [1.29, 1.82) is 0 Å². The first-order chi connectivity index (χ1) is 19.1. The Morgan fingerprint density at radius 1 is 0.718 bits per heavy atom. The third-order valence-electron chi connectivity index (χ3n) is 8.91. The van der Waals surface area contributed by atoms with Crippen LogP contribution in [0.15, 0.2) is 131 Å². The number of benzene rings is 5. The number of furan rings is 1. The van der Waals surface area contributed by atoms with Gasteiger partial charge in [-0.05, 0) is 81.6 Å². The zero-order valence-electron chi connectivity index (χ0n) is 22.2. The summed E-state index contributed by atoms with van der Waals surface area (Å²) in [5.74, 6) is 0.433. The second-order valence-corrected chi connectivity index (χ2v) is 11.4. The lowest BCUT2D eigenvalue weighted by Gasteiger charge is -2.35. The third-order valence-corrected chi connectivity index (χ3v) is 8.91. The number of para-hydroxylation sites is 1. The minimum absolute atomic E-state index is 0.0774. The molecule has 2 aliphatic carbocycles. The highest BCUT2D eigenvalue weighted by molar-refractivity contribution is 6.19. The quantitative estimate of drug-likeness (QED) is 0.239. The normalized spacial score (nSPS) is 17.6. The Morgan fingerprint density at radius 2 is 1.51 bits per heavy atom. The first-order valence-corrected chi connectivity index (χ1v) is 13.8. The van der Waals surface area contributed by atoms with Gasteiger partial charge < -0.3 is 9.32 Å². The smallest absolute Gasteiger partial charge is 0.137 e. The van der Waals surface area contributed by atoms with Crippen molar-refractivity contribution in [2.75, 3.05) is 4.90 Å². The van der Waals surface area contributed by atoms with Crippen LogP contribution in [-0.2, 0) is 5.41 Å². The second-order valence-electron chi connectivity index (χ2n) is 11.4. The maximum absolute atomic E-state index is 6.49. The van der Waals surface area contributed by atoms with Gasteiger partial charge in [0.15, 0.2) is 0 Å². The Morgan fingerprint density at radius 3 is 2.41 bits per heavy atom. The van der Waals surface area contributed by atoms with Crippen LogP contribution in [0.5, 0.6) is 0 Å². The Bertz CT molecular complexity index is 1970. The topological polar surface area (TPSA) is 16.4 Å². The number of rotatable bonds is 3. The summed E-state index contributed by atoms with van der Waals surface area (Å²) in [6.07, 6.45) is 5.74. The molecule has 0 fully saturated rings. The van der Waals surface area contributed by atoms with Crippen LogP contribution in [-0.4, -0.2) is 0 Å². The molecule has 1 heterocycles. The molecule has 5 aromatic carbocycles. The van der Waals surface area contributed by atoms with Gasteiger partial charge in [0, 0.05) is 33.9 Å². The summed E-state index contributed by atoms with van der Waals surface area (Å²) in [6, 6.07) is 39.2. The average Bonchev–Trinajstić information content (AvgIpc) is 3.47. The van der Waals surface area contributed by atoms with Crippen molar-refractivity contribution in [1.82, 2.24) is 0 Å². The summed E-state index contributed by atoms with van der Waals surface area (Å²) >= 11 is 0. The number of nitrogens with zero attached hydrogens (tertiary/aromatic N) is 1. The molecule has 39 heavy (non-hydrogen) atoms. The van der Waals surface area contributed by atoms with Gasteiger partial charge in [0.1, 0.15) is 11.2 Å². The third kappa shape index (κ3) is 3.21. The molecule has 188 valence electrons. The lowest BCUT2D eigenvalue weighted by Crippen LogP contribution is -2.27. The van der Waals surface area contributed by atoms with Gasteiger partial charge in [0.25, 0.3) is 0 Å². The number of fused-ring (bicyclic) bond motifs is 8. The summed E-state index contributed by atoms with van der Waals surface area (Å²) in [5, 5.41) is 4.80. The summed E-state index contributed by atoms with van der Waals surface area (Å²) in [4.78, 5) is 2.42. The molecule has 1 aromatic heterocycles. The van der Waals surface area contributed by atoms with E-state index in [0.717, 1.165) is 34.3 Å². The van der Waals surface area contributed by atoms with E-state index in [1.165, 1.54) is 38.6 Å². The van der Waals surface area contributed by atoms with E-state index in [2.05, 4.69) is 140 Å². The molecule has 0 spiro atoms. The van der Waals surface area contributed by atoms with E-state index in [1.807, 2.05) is 0 Å². The molecule has 1 unspecified atom stereocenters. The van der Waals surface area contributed by atoms with Crippen LogP contribution in [0.25, 0.3) is 38.3 Å². The summed E-state index contributed by atoms with van der Waals surface area (Å²) in [7, 11) is 0. The van der Waals surface area contributed by atoms with Gasteiger partial charge in [-0.2, -0.15) is 0 Å². The van der Waals surface area contributed by atoms with Crippen molar-refractivity contribution in [3.8, 4) is 0 Å². The second kappa shape index (κ2) is 8.22. The Balaban J connectivity index is 1.39. The number of hydrogen-bond acceptors (Lipinski definition) is 2. The van der Waals surface area contributed by atoms with Crippen molar-refractivity contribution in [2.45, 2.75) is 25.7 Å². The first-order valence-electron chi connectivity index (χ1n) is 13.8. The Kier molecular flexibility index (Phi) is 4.73. The molecular weight excluding hydrogens is 474 g/mol. The van der Waals surface area contributed by atoms with Gasteiger partial charge in [-0.3, -0.25) is 0 Å². The van der Waals surface area contributed by atoms with Crippen molar-refractivity contribution in [3.05, 3.63) is 138 Å². The molecule has 6 aromatic rings. The van der Waals surface area contributed by atoms with Gasteiger partial charge in [0.2, 0.25) is 0 Å². The molecule has 0 amide bonds. The maximum atomic E-state index is 6.49. The summed E-state index contributed by atoms with van der Waals surface area (Å²) < 4.78 is 6.49. The van der Waals surface area contributed by atoms with Crippen molar-refractivity contribution >= 4 is 49.7 Å². The lowest BCUT2D eigenvalue weighted by molar-refractivity contribution is 0.413. The van der Waals surface area contributed by atoms with E-state index < -0.39 is 0 Å². The standard InChI is InChI=1S/C37H29NO/c1-37(2)30-16-9-8-15-28(30)36-31(37)17-10-18-32(36)38(25-12-4-3-5-13-25)26-20-21-29-34(23-26)39-33-22-19-24-11-6-7-14-27(24)35(29)33/h3-16,18-23,31H,17H2,1-2H3. The predicted octanol–water partition coefficient (Wildman–Crippen LogP) is 10.2. The number of allylic oxidation sites excluding steroid dienone is 3. The molecule has 0 N–H and O–H groups in total. The Labute approximate surface area is 228 Å². The molecule has 0 saturated heterocycles. The van der Waals surface area contributed by atoms with Crippen molar-refractivity contribution in [2.24, 2.45) is 5.92 Å². The van der Waals surface area contributed by atoms with Crippen LogP contribution in [0, 0.1) is 5.92 Å². The van der Waals surface area contributed by atoms with Crippen LogP contribution >= 0.6 is 0 Å². The van der Waals surface area contributed by atoms with Gasteiger partial charge in [0.05, 0.1) is 0 Å².